The Bertz CT molecular complexity index is 422. The van der Waals surface area contributed by atoms with Crippen molar-refractivity contribution in [2.45, 2.75) is 31.6 Å². The average molecular weight is 265 g/mol. The number of thioether (sulfide) groups is 1. The first-order valence-corrected chi connectivity index (χ1v) is 7.41. The van der Waals surface area contributed by atoms with Crippen molar-refractivity contribution < 1.29 is 9.53 Å². The van der Waals surface area contributed by atoms with Crippen LogP contribution in [0.15, 0.2) is 24.3 Å². The fourth-order valence-corrected chi connectivity index (χ4v) is 3.32. The average Bonchev–Trinajstić information content (AvgIpc) is 2.76. The first-order chi connectivity index (χ1) is 8.72. The summed E-state index contributed by atoms with van der Waals surface area (Å²) in [5.41, 5.74) is 1.51. The van der Waals surface area contributed by atoms with Crippen LogP contribution in [0.25, 0.3) is 0 Å². The van der Waals surface area contributed by atoms with E-state index in [0.717, 1.165) is 12.1 Å². The Hall–Kier alpha value is -1.16. The first-order valence-electron chi connectivity index (χ1n) is 6.36. The molecule has 0 bridgehead atoms. The fourth-order valence-electron chi connectivity index (χ4n) is 2.12. The summed E-state index contributed by atoms with van der Waals surface area (Å²) in [6.07, 6.45) is 1.14. The minimum Gasteiger partial charge on any atom is -0.462 e. The largest absolute Gasteiger partial charge is 0.462 e. The van der Waals surface area contributed by atoms with Gasteiger partial charge in [0.1, 0.15) is 0 Å². The van der Waals surface area contributed by atoms with Crippen molar-refractivity contribution in [3.63, 3.8) is 0 Å². The molecule has 1 aromatic carbocycles. The van der Waals surface area contributed by atoms with Crippen LogP contribution in [0.5, 0.6) is 0 Å². The molecule has 0 spiro atoms. The van der Waals surface area contributed by atoms with Gasteiger partial charge >= 0.3 is 5.97 Å². The highest BCUT2D eigenvalue weighted by molar-refractivity contribution is 8.00. The van der Waals surface area contributed by atoms with Crippen LogP contribution >= 0.6 is 11.8 Å². The van der Waals surface area contributed by atoms with Gasteiger partial charge in [-0.05, 0) is 31.2 Å². The predicted octanol–water partition coefficient (Wildman–Crippen LogP) is 3.17. The fraction of sp³-hybridized carbons (Fsp3) is 0.500. The standard InChI is InChI=1S/C14H19NO2S/c1-3-17-14(16)11-6-4-5-7-13(11)15-12-8-9-18-10(12)2/h4-7,10,12,15H,3,8-9H2,1-2H3. The minimum absolute atomic E-state index is 0.251. The highest BCUT2D eigenvalue weighted by atomic mass is 32.2. The van der Waals surface area contributed by atoms with Crippen molar-refractivity contribution in [1.29, 1.82) is 0 Å². The molecule has 0 amide bonds. The predicted molar refractivity (Wildman–Crippen MR) is 76.3 cm³/mol. The molecule has 1 heterocycles. The lowest BCUT2D eigenvalue weighted by Gasteiger charge is -2.19. The van der Waals surface area contributed by atoms with E-state index in [4.69, 9.17) is 4.74 Å². The molecule has 18 heavy (non-hydrogen) atoms. The van der Waals surface area contributed by atoms with Gasteiger partial charge in [0.05, 0.1) is 12.2 Å². The molecule has 1 aliphatic rings. The van der Waals surface area contributed by atoms with Gasteiger partial charge in [0.25, 0.3) is 0 Å². The normalized spacial score (nSPS) is 22.8. The van der Waals surface area contributed by atoms with Crippen molar-refractivity contribution in [3.8, 4) is 0 Å². The first kappa shape index (κ1) is 13.3. The van der Waals surface area contributed by atoms with Gasteiger partial charge in [-0.1, -0.05) is 19.1 Å². The summed E-state index contributed by atoms with van der Waals surface area (Å²) in [6, 6.07) is 8.00. The minimum atomic E-state index is -0.251. The molecule has 0 aliphatic carbocycles. The number of benzene rings is 1. The summed E-state index contributed by atoms with van der Waals surface area (Å²) in [5, 5.41) is 4.06. The second kappa shape index (κ2) is 6.14. The molecule has 98 valence electrons. The lowest BCUT2D eigenvalue weighted by Crippen LogP contribution is -2.26. The Morgan fingerprint density at radius 1 is 1.50 bits per heavy atom. The Morgan fingerprint density at radius 2 is 2.28 bits per heavy atom. The molecule has 1 N–H and O–H groups in total. The van der Waals surface area contributed by atoms with E-state index in [0.29, 0.717) is 23.5 Å². The van der Waals surface area contributed by atoms with E-state index in [-0.39, 0.29) is 5.97 Å². The summed E-state index contributed by atoms with van der Waals surface area (Å²) in [7, 11) is 0. The molecule has 3 nitrogen and oxygen atoms in total. The summed E-state index contributed by atoms with van der Waals surface area (Å²) in [4.78, 5) is 11.9. The number of hydrogen-bond donors (Lipinski definition) is 1. The molecule has 0 aromatic heterocycles. The van der Waals surface area contributed by atoms with Gasteiger partial charge in [0.2, 0.25) is 0 Å². The topological polar surface area (TPSA) is 38.3 Å². The molecule has 1 fully saturated rings. The quantitative estimate of drug-likeness (QED) is 0.849. The van der Waals surface area contributed by atoms with Crippen molar-refractivity contribution in [2.24, 2.45) is 0 Å². The number of carbonyl (C=O) groups is 1. The number of rotatable bonds is 4. The molecule has 1 saturated heterocycles. The van der Waals surface area contributed by atoms with E-state index in [1.807, 2.05) is 43.0 Å². The van der Waals surface area contributed by atoms with E-state index < -0.39 is 0 Å². The van der Waals surface area contributed by atoms with Gasteiger partial charge in [-0.2, -0.15) is 11.8 Å². The second-order valence-electron chi connectivity index (χ2n) is 4.38. The molecule has 2 unspecified atom stereocenters. The van der Waals surface area contributed by atoms with Gasteiger partial charge < -0.3 is 10.1 Å². The Morgan fingerprint density at radius 3 is 2.94 bits per heavy atom. The number of anilines is 1. The second-order valence-corrected chi connectivity index (χ2v) is 5.87. The summed E-state index contributed by atoms with van der Waals surface area (Å²) in [5.74, 6) is 0.930. The zero-order valence-corrected chi connectivity index (χ0v) is 11.6. The van der Waals surface area contributed by atoms with Gasteiger partial charge in [-0.25, -0.2) is 4.79 Å². The van der Waals surface area contributed by atoms with Gasteiger partial charge in [0.15, 0.2) is 0 Å². The molecule has 2 rings (SSSR count). The lowest BCUT2D eigenvalue weighted by molar-refractivity contribution is 0.0527. The third kappa shape index (κ3) is 2.99. The van der Waals surface area contributed by atoms with Crippen molar-refractivity contribution in [3.05, 3.63) is 29.8 Å². The molecular weight excluding hydrogens is 246 g/mol. The van der Waals surface area contributed by atoms with E-state index >= 15 is 0 Å². The maximum atomic E-state index is 11.9. The van der Waals surface area contributed by atoms with Gasteiger partial charge in [0, 0.05) is 17.0 Å². The summed E-state index contributed by atoms with van der Waals surface area (Å²) < 4.78 is 5.08. The Balaban J connectivity index is 2.14. The number of carbonyl (C=O) groups excluding carboxylic acids is 1. The molecule has 2 atom stereocenters. The third-order valence-electron chi connectivity index (χ3n) is 3.14. The van der Waals surface area contributed by atoms with Gasteiger partial charge in [-0.3, -0.25) is 0 Å². The zero-order valence-electron chi connectivity index (χ0n) is 10.8. The molecule has 1 aromatic rings. The molecule has 0 saturated carbocycles. The van der Waals surface area contributed by atoms with E-state index in [1.54, 1.807) is 0 Å². The third-order valence-corrected chi connectivity index (χ3v) is 4.47. The highest BCUT2D eigenvalue weighted by Gasteiger charge is 2.25. The number of hydrogen-bond acceptors (Lipinski definition) is 4. The number of para-hydroxylation sites is 1. The van der Waals surface area contributed by atoms with Crippen LogP contribution < -0.4 is 5.32 Å². The zero-order chi connectivity index (χ0) is 13.0. The van der Waals surface area contributed by atoms with Crippen molar-refractivity contribution in [2.75, 3.05) is 17.7 Å². The van der Waals surface area contributed by atoms with Crippen LogP contribution in [0.2, 0.25) is 0 Å². The van der Waals surface area contributed by atoms with Crippen LogP contribution in [0.4, 0.5) is 5.69 Å². The number of ether oxygens (including phenoxy) is 1. The van der Waals surface area contributed by atoms with Crippen molar-refractivity contribution >= 4 is 23.4 Å². The molecular formula is C14H19NO2S. The monoisotopic (exact) mass is 265 g/mol. The smallest absolute Gasteiger partial charge is 0.340 e. The Kier molecular flexibility index (Phi) is 4.53. The molecule has 4 heteroatoms. The van der Waals surface area contributed by atoms with Crippen LogP contribution in [-0.4, -0.2) is 29.6 Å². The summed E-state index contributed by atoms with van der Waals surface area (Å²) >= 11 is 1.97. The van der Waals surface area contributed by atoms with Crippen LogP contribution in [0.3, 0.4) is 0 Å². The van der Waals surface area contributed by atoms with Crippen molar-refractivity contribution in [1.82, 2.24) is 0 Å². The SMILES string of the molecule is CCOC(=O)c1ccccc1NC1CCSC1C. The highest BCUT2D eigenvalue weighted by Crippen LogP contribution is 2.29. The van der Waals surface area contributed by atoms with Gasteiger partial charge in [-0.15, -0.1) is 0 Å². The van der Waals surface area contributed by atoms with E-state index in [2.05, 4.69) is 12.2 Å². The number of nitrogens with one attached hydrogen (secondary N) is 1. The van der Waals surface area contributed by atoms with E-state index in [1.165, 1.54) is 5.75 Å². The summed E-state index contributed by atoms with van der Waals surface area (Å²) in [6.45, 7) is 4.45. The van der Waals surface area contributed by atoms with Crippen LogP contribution in [-0.2, 0) is 4.74 Å². The van der Waals surface area contributed by atoms with Crippen LogP contribution in [0, 0.1) is 0 Å². The maximum Gasteiger partial charge on any atom is 0.340 e. The molecule has 0 radical (unpaired) electrons. The molecule has 1 aliphatic heterocycles. The maximum absolute atomic E-state index is 11.9. The lowest BCUT2D eigenvalue weighted by atomic mass is 10.1. The Labute approximate surface area is 112 Å². The van der Waals surface area contributed by atoms with E-state index in [9.17, 15) is 4.79 Å². The van der Waals surface area contributed by atoms with Crippen LogP contribution in [0.1, 0.15) is 30.6 Å². The number of esters is 1.